The zero-order chi connectivity index (χ0) is 17.2. The van der Waals surface area contributed by atoms with E-state index in [1.165, 1.54) is 19.3 Å². The predicted molar refractivity (Wildman–Crippen MR) is 90.9 cm³/mol. The van der Waals surface area contributed by atoms with Crippen LogP contribution in [-0.2, 0) is 19.1 Å². The molecule has 0 bridgehead atoms. The van der Waals surface area contributed by atoms with Crippen molar-refractivity contribution in [2.75, 3.05) is 6.61 Å². The first-order valence-corrected chi connectivity index (χ1v) is 8.70. The molecule has 2 atom stereocenters. The fourth-order valence-corrected chi connectivity index (χ4v) is 2.32. The van der Waals surface area contributed by atoms with E-state index < -0.39 is 11.9 Å². The molecule has 0 amide bonds. The second-order valence-electron chi connectivity index (χ2n) is 6.31. The molecule has 0 spiro atoms. The minimum Gasteiger partial charge on any atom is -0.386 e. The Morgan fingerprint density at radius 2 is 2.04 bits per heavy atom. The minimum atomic E-state index is -0.624. The van der Waals surface area contributed by atoms with Crippen LogP contribution < -0.4 is 0 Å². The second kappa shape index (κ2) is 10.4. The average molecular weight is 322 g/mol. The van der Waals surface area contributed by atoms with Gasteiger partial charge in [0.25, 0.3) is 0 Å². The Hall–Kier alpha value is -1.42. The molecule has 4 nitrogen and oxygen atoms in total. The van der Waals surface area contributed by atoms with Crippen molar-refractivity contribution >= 4 is 11.9 Å². The molecule has 23 heavy (non-hydrogen) atoms. The van der Waals surface area contributed by atoms with Crippen LogP contribution in [0.1, 0.15) is 65.7 Å². The van der Waals surface area contributed by atoms with E-state index in [0.717, 1.165) is 25.9 Å². The van der Waals surface area contributed by atoms with Gasteiger partial charge < -0.3 is 9.47 Å². The number of allylic oxidation sites excluding steroid dienone is 1. The van der Waals surface area contributed by atoms with Gasteiger partial charge in [0.2, 0.25) is 0 Å². The first-order valence-electron chi connectivity index (χ1n) is 8.70. The van der Waals surface area contributed by atoms with Crippen LogP contribution in [0.3, 0.4) is 0 Å². The van der Waals surface area contributed by atoms with Crippen LogP contribution in [0.25, 0.3) is 0 Å². The lowest BCUT2D eigenvalue weighted by Crippen LogP contribution is -2.15. The first-order chi connectivity index (χ1) is 11.0. The third-order valence-corrected chi connectivity index (χ3v) is 4.27. The Balaban J connectivity index is 2.36. The van der Waals surface area contributed by atoms with Gasteiger partial charge in [-0.3, -0.25) is 0 Å². The highest BCUT2D eigenvalue weighted by molar-refractivity contribution is 6.01. The molecule has 1 rings (SSSR count). The number of rotatable bonds is 11. The maximum atomic E-state index is 11.9. The molecule has 0 aliphatic carbocycles. The quantitative estimate of drug-likeness (QED) is 0.246. The van der Waals surface area contributed by atoms with E-state index in [2.05, 4.69) is 20.4 Å². The van der Waals surface area contributed by atoms with Gasteiger partial charge in [-0.25, -0.2) is 9.59 Å². The third kappa shape index (κ3) is 8.12. The van der Waals surface area contributed by atoms with E-state index in [9.17, 15) is 9.59 Å². The summed E-state index contributed by atoms with van der Waals surface area (Å²) >= 11 is 0. The molecule has 0 aromatic rings. The van der Waals surface area contributed by atoms with Gasteiger partial charge in [-0.05, 0) is 32.1 Å². The number of esters is 2. The van der Waals surface area contributed by atoms with E-state index in [1.807, 2.05) is 6.08 Å². The van der Waals surface area contributed by atoms with Crippen molar-refractivity contribution in [3.63, 3.8) is 0 Å². The van der Waals surface area contributed by atoms with Gasteiger partial charge >= 0.3 is 11.9 Å². The minimum absolute atomic E-state index is 0.242. The largest absolute Gasteiger partial charge is 0.386 e. The van der Waals surface area contributed by atoms with E-state index >= 15 is 0 Å². The third-order valence-electron chi connectivity index (χ3n) is 4.27. The van der Waals surface area contributed by atoms with Gasteiger partial charge in [-0.15, -0.1) is 0 Å². The zero-order valence-electron chi connectivity index (χ0n) is 14.7. The van der Waals surface area contributed by atoms with Crippen LogP contribution in [-0.4, -0.2) is 24.6 Å². The maximum absolute atomic E-state index is 11.9. The van der Waals surface area contributed by atoms with Gasteiger partial charge in [-0.2, -0.15) is 0 Å². The van der Waals surface area contributed by atoms with Gasteiger partial charge in [-0.1, -0.05) is 52.2 Å². The molecule has 1 heterocycles. The van der Waals surface area contributed by atoms with Crippen molar-refractivity contribution in [2.24, 2.45) is 5.92 Å². The van der Waals surface area contributed by atoms with Crippen LogP contribution in [0.4, 0.5) is 0 Å². The Bertz CT molecular complexity index is 446. The molecule has 4 heteroatoms. The molecule has 0 aromatic heterocycles. The Morgan fingerprint density at radius 3 is 2.61 bits per heavy atom. The highest BCUT2D eigenvalue weighted by atomic mass is 16.6. The monoisotopic (exact) mass is 322 g/mol. The van der Waals surface area contributed by atoms with E-state index in [-0.39, 0.29) is 6.10 Å². The van der Waals surface area contributed by atoms with Crippen molar-refractivity contribution in [1.29, 1.82) is 0 Å². The van der Waals surface area contributed by atoms with Gasteiger partial charge in [0.1, 0.15) is 0 Å². The smallest absolute Gasteiger partial charge is 0.341 e. The summed E-state index contributed by atoms with van der Waals surface area (Å²) in [7, 11) is 0. The Morgan fingerprint density at radius 1 is 1.35 bits per heavy atom. The molecule has 0 N–H and O–H groups in total. The number of hydrogen-bond donors (Lipinski definition) is 0. The molecule has 1 saturated heterocycles. The highest BCUT2D eigenvalue weighted by Crippen LogP contribution is 2.20. The number of hydrogen-bond acceptors (Lipinski definition) is 4. The van der Waals surface area contributed by atoms with E-state index in [1.54, 1.807) is 6.92 Å². The number of carbonyl (C=O) groups is 2. The Labute approximate surface area is 139 Å². The zero-order valence-corrected chi connectivity index (χ0v) is 14.7. The lowest BCUT2D eigenvalue weighted by molar-refractivity contribution is -0.154. The fraction of sp³-hybridized carbons (Fsp3) is 0.684. The standard InChI is InChI=1S/C19H30O4/c1-5-7-8-16(6-2)11-9-14(3)18(20)23-19(21)15(4)10-12-17-13-22-17/h9,16-17H,4-8,10-13H2,1-3H3. The molecule has 0 saturated carbocycles. The fourth-order valence-electron chi connectivity index (χ4n) is 2.32. The molecule has 0 radical (unpaired) electrons. The maximum Gasteiger partial charge on any atom is 0.341 e. The SMILES string of the molecule is C=C(CCC1CO1)C(=O)OC(=O)C(C)=CCC(CC)CCCC. The van der Waals surface area contributed by atoms with Crippen molar-refractivity contribution in [3.8, 4) is 0 Å². The summed E-state index contributed by atoms with van der Waals surface area (Å²) < 4.78 is 9.97. The van der Waals surface area contributed by atoms with Gasteiger partial charge in [0.15, 0.2) is 0 Å². The molecule has 1 aliphatic rings. The summed E-state index contributed by atoms with van der Waals surface area (Å²) in [6, 6.07) is 0. The topological polar surface area (TPSA) is 55.9 Å². The summed E-state index contributed by atoms with van der Waals surface area (Å²) in [5.74, 6) is -0.604. The van der Waals surface area contributed by atoms with Crippen LogP contribution in [0, 0.1) is 5.92 Å². The summed E-state index contributed by atoms with van der Waals surface area (Å²) in [6.07, 6.45) is 8.91. The average Bonchev–Trinajstić information content (AvgIpc) is 3.36. The number of unbranched alkanes of at least 4 members (excludes halogenated alkanes) is 1. The van der Waals surface area contributed by atoms with Crippen LogP contribution >= 0.6 is 0 Å². The van der Waals surface area contributed by atoms with Gasteiger partial charge in [0.05, 0.1) is 12.7 Å². The molecule has 2 unspecified atom stereocenters. The summed E-state index contributed by atoms with van der Waals surface area (Å²) in [5.41, 5.74) is 0.822. The van der Waals surface area contributed by atoms with Crippen molar-refractivity contribution in [1.82, 2.24) is 0 Å². The van der Waals surface area contributed by atoms with E-state index in [0.29, 0.717) is 23.5 Å². The van der Waals surface area contributed by atoms with Gasteiger partial charge in [0, 0.05) is 11.1 Å². The number of carbonyl (C=O) groups excluding carboxylic acids is 2. The predicted octanol–water partition coefficient (Wildman–Crippen LogP) is 4.34. The molecular weight excluding hydrogens is 292 g/mol. The van der Waals surface area contributed by atoms with Crippen LogP contribution in [0.2, 0.25) is 0 Å². The lowest BCUT2D eigenvalue weighted by atomic mass is 9.95. The lowest BCUT2D eigenvalue weighted by Gasteiger charge is -2.12. The highest BCUT2D eigenvalue weighted by Gasteiger charge is 2.24. The number of ether oxygens (including phenoxy) is 2. The number of epoxide rings is 1. The molecule has 130 valence electrons. The summed E-state index contributed by atoms with van der Waals surface area (Å²) in [5, 5.41) is 0. The van der Waals surface area contributed by atoms with E-state index in [4.69, 9.17) is 9.47 Å². The molecular formula is C19H30O4. The van der Waals surface area contributed by atoms with Crippen LogP contribution in [0.5, 0.6) is 0 Å². The molecule has 1 aliphatic heterocycles. The van der Waals surface area contributed by atoms with Crippen molar-refractivity contribution in [2.45, 2.75) is 71.8 Å². The van der Waals surface area contributed by atoms with Crippen molar-refractivity contribution < 1.29 is 19.1 Å². The summed E-state index contributed by atoms with van der Waals surface area (Å²) in [6.45, 7) is 10.5. The molecule has 1 fully saturated rings. The van der Waals surface area contributed by atoms with Crippen molar-refractivity contribution in [3.05, 3.63) is 23.8 Å². The molecule has 0 aromatic carbocycles. The summed E-state index contributed by atoms with van der Waals surface area (Å²) in [4.78, 5) is 23.8. The van der Waals surface area contributed by atoms with Crippen LogP contribution in [0.15, 0.2) is 23.8 Å². The Kier molecular flexibility index (Phi) is 8.85. The second-order valence-corrected chi connectivity index (χ2v) is 6.31. The normalized spacial score (nSPS) is 18.4. The first kappa shape index (κ1) is 19.6.